The lowest BCUT2D eigenvalue weighted by molar-refractivity contribution is 0.368. The highest BCUT2D eigenvalue weighted by Crippen LogP contribution is 2.56. The zero-order chi connectivity index (χ0) is 19.0. The minimum atomic E-state index is -6.00. The summed E-state index contributed by atoms with van der Waals surface area (Å²) in [6, 6.07) is 8.93. The Morgan fingerprint density at radius 2 is 1.23 bits per heavy atom. The third-order valence-corrected chi connectivity index (χ3v) is 9.46. The third kappa shape index (κ3) is 7.10. The van der Waals surface area contributed by atoms with Crippen LogP contribution in [0.1, 0.15) is 64.2 Å². The lowest BCUT2D eigenvalue weighted by Gasteiger charge is -2.32. The molecule has 0 saturated heterocycles. The van der Waals surface area contributed by atoms with E-state index in [4.69, 9.17) is 4.74 Å². The highest BCUT2D eigenvalue weighted by atomic mass is 31.1. The summed E-state index contributed by atoms with van der Waals surface area (Å²) in [7, 11) is -4.64. The summed E-state index contributed by atoms with van der Waals surface area (Å²) >= 11 is 0. The van der Waals surface area contributed by atoms with Crippen molar-refractivity contribution in [1.29, 1.82) is 0 Å². The van der Waals surface area contributed by atoms with Crippen molar-refractivity contribution in [2.24, 2.45) is 0 Å². The largest absolute Gasteiger partial charge is 0.673 e. The minimum absolute atomic E-state index is 0.490. The predicted molar refractivity (Wildman–Crippen MR) is 105 cm³/mol. The van der Waals surface area contributed by atoms with E-state index in [0.717, 1.165) is 11.3 Å². The second-order valence-corrected chi connectivity index (χ2v) is 10.4. The van der Waals surface area contributed by atoms with Gasteiger partial charge >= 0.3 is 7.25 Å². The Balaban J connectivity index is 0.000000431. The molecule has 0 atom stereocenters. The van der Waals surface area contributed by atoms with Crippen LogP contribution in [0.15, 0.2) is 24.3 Å². The van der Waals surface area contributed by atoms with Gasteiger partial charge in [-0.25, -0.2) is 0 Å². The number of ether oxygens (including phenoxy) is 1. The fraction of sp³-hybridized carbons (Fsp3) is 0.684. The molecule has 2 aliphatic rings. The molecule has 0 heterocycles. The molecule has 0 unspecified atom stereocenters. The van der Waals surface area contributed by atoms with Crippen LogP contribution in [0.5, 0.6) is 5.75 Å². The monoisotopic (exact) mass is 392 g/mol. The van der Waals surface area contributed by atoms with Crippen molar-refractivity contribution in [1.82, 2.24) is 0 Å². The van der Waals surface area contributed by atoms with Gasteiger partial charge < -0.3 is 22.0 Å². The molecule has 7 heteroatoms. The molecule has 3 rings (SSSR count). The Labute approximate surface area is 155 Å². The fourth-order valence-corrected chi connectivity index (χ4v) is 8.85. The molecule has 1 nitrogen and oxygen atoms in total. The van der Waals surface area contributed by atoms with E-state index >= 15 is 0 Å². The first-order valence-electron chi connectivity index (χ1n) is 9.77. The van der Waals surface area contributed by atoms with Crippen LogP contribution in [0.3, 0.4) is 0 Å². The van der Waals surface area contributed by atoms with Gasteiger partial charge in [-0.05, 0) is 63.5 Å². The molecule has 0 radical (unpaired) electrons. The summed E-state index contributed by atoms with van der Waals surface area (Å²) in [5.41, 5.74) is 1.98. The van der Waals surface area contributed by atoms with E-state index in [0.29, 0.717) is 0 Å². The van der Waals surface area contributed by atoms with Crippen molar-refractivity contribution < 1.29 is 22.0 Å². The summed E-state index contributed by atoms with van der Waals surface area (Å²) in [5, 5.41) is 1.60. The smallest absolute Gasteiger partial charge is 0.493 e. The molecular weight excluding hydrogens is 362 g/mol. The van der Waals surface area contributed by atoms with Gasteiger partial charge in [-0.1, -0.05) is 25.0 Å². The van der Waals surface area contributed by atoms with E-state index in [2.05, 4.69) is 24.3 Å². The van der Waals surface area contributed by atoms with Crippen LogP contribution in [-0.2, 0) is 0 Å². The molecule has 148 valence electrons. The van der Waals surface area contributed by atoms with Crippen LogP contribution in [0.25, 0.3) is 0 Å². The maximum Gasteiger partial charge on any atom is 0.673 e. The summed E-state index contributed by atoms with van der Waals surface area (Å²) in [5.74, 6) is 1.17. The first-order valence-corrected chi connectivity index (χ1v) is 11.4. The Kier molecular flexibility index (Phi) is 8.73. The lowest BCUT2D eigenvalue weighted by atomic mass is 9.99. The summed E-state index contributed by atoms with van der Waals surface area (Å²) < 4.78 is 44.7. The maximum atomic E-state index is 9.75. The van der Waals surface area contributed by atoms with Gasteiger partial charge in [0.05, 0.1) is 18.4 Å². The van der Waals surface area contributed by atoms with Gasteiger partial charge in [0.1, 0.15) is 5.30 Å². The van der Waals surface area contributed by atoms with E-state index in [-0.39, 0.29) is 0 Å². The van der Waals surface area contributed by atoms with Crippen LogP contribution < -0.4 is 10.0 Å². The maximum absolute atomic E-state index is 9.75. The first kappa shape index (κ1) is 21.5. The summed E-state index contributed by atoms with van der Waals surface area (Å²) in [6.07, 6.45) is 14.7. The van der Waals surface area contributed by atoms with Crippen LogP contribution in [0.4, 0.5) is 17.3 Å². The molecule has 26 heavy (non-hydrogen) atoms. The number of hydrogen-bond donors (Lipinski definition) is 0. The Morgan fingerprint density at radius 1 is 0.808 bits per heavy atom. The standard InChI is InChI=1S/C19H29OP.BF4/c1-20-18-14-8-9-15-19(18)21(16-10-4-2-5-11-16)17-12-6-3-7-13-17;2-1(3,4)5/h8-9,14-17H,2-7,10-13H2,1H3;/q;-1/p+1. The van der Waals surface area contributed by atoms with Crippen molar-refractivity contribution >= 4 is 20.5 Å². The van der Waals surface area contributed by atoms with Crippen molar-refractivity contribution in [3.63, 3.8) is 0 Å². The minimum Gasteiger partial charge on any atom is -0.493 e. The average Bonchev–Trinajstić information content (AvgIpc) is 2.63. The van der Waals surface area contributed by atoms with Crippen LogP contribution in [-0.4, -0.2) is 25.7 Å². The average molecular weight is 392 g/mol. The van der Waals surface area contributed by atoms with Crippen molar-refractivity contribution in [3.8, 4) is 5.75 Å². The fourth-order valence-electron chi connectivity index (χ4n) is 4.48. The molecular formula is C19H30BF4OP. The highest BCUT2D eigenvalue weighted by molar-refractivity contribution is 7.67. The molecule has 0 aromatic heterocycles. The van der Waals surface area contributed by atoms with E-state index in [1.807, 2.05) is 7.11 Å². The van der Waals surface area contributed by atoms with E-state index < -0.39 is 15.2 Å². The number of benzene rings is 1. The van der Waals surface area contributed by atoms with Crippen molar-refractivity contribution in [2.75, 3.05) is 7.11 Å². The highest BCUT2D eigenvalue weighted by Gasteiger charge is 2.40. The van der Waals surface area contributed by atoms with Gasteiger partial charge in [-0.15, -0.1) is 0 Å². The zero-order valence-corrected chi connectivity index (χ0v) is 16.5. The molecule has 1 aromatic carbocycles. The van der Waals surface area contributed by atoms with Crippen LogP contribution in [0.2, 0.25) is 0 Å². The number of rotatable bonds is 4. The molecule has 2 aliphatic carbocycles. The molecule has 2 fully saturated rings. The van der Waals surface area contributed by atoms with Gasteiger partial charge in [0.15, 0.2) is 5.75 Å². The van der Waals surface area contributed by atoms with Gasteiger partial charge in [0, 0.05) is 7.92 Å². The zero-order valence-electron chi connectivity index (χ0n) is 15.5. The predicted octanol–water partition coefficient (Wildman–Crippen LogP) is 6.50. The summed E-state index contributed by atoms with van der Waals surface area (Å²) in [4.78, 5) is 0. The molecule has 0 spiro atoms. The molecule has 2 saturated carbocycles. The Hall–Kier alpha value is -0.765. The second-order valence-electron chi connectivity index (χ2n) is 7.32. The van der Waals surface area contributed by atoms with Crippen molar-refractivity contribution in [3.05, 3.63) is 24.3 Å². The van der Waals surface area contributed by atoms with Crippen molar-refractivity contribution in [2.45, 2.75) is 75.5 Å². The van der Waals surface area contributed by atoms with E-state index in [1.54, 1.807) is 5.30 Å². The number of halogens is 4. The van der Waals surface area contributed by atoms with Gasteiger partial charge in [0.2, 0.25) is 0 Å². The van der Waals surface area contributed by atoms with Gasteiger partial charge in [-0.2, -0.15) is 0 Å². The van der Waals surface area contributed by atoms with Gasteiger partial charge in [-0.3, -0.25) is 0 Å². The molecule has 0 N–H and O–H groups in total. The number of methoxy groups -OCH3 is 1. The summed E-state index contributed by atoms with van der Waals surface area (Å²) in [6.45, 7) is 0. The quantitative estimate of drug-likeness (QED) is 0.323. The van der Waals surface area contributed by atoms with E-state index in [1.165, 1.54) is 70.0 Å². The number of para-hydroxylation sites is 1. The third-order valence-electron chi connectivity index (χ3n) is 5.51. The van der Waals surface area contributed by atoms with Crippen LogP contribution >= 0.6 is 7.92 Å². The molecule has 0 amide bonds. The Morgan fingerprint density at radius 3 is 1.65 bits per heavy atom. The topological polar surface area (TPSA) is 9.23 Å². The molecule has 0 bridgehead atoms. The molecule has 0 aliphatic heterocycles. The normalized spacial score (nSPS) is 19.8. The second kappa shape index (κ2) is 10.5. The van der Waals surface area contributed by atoms with E-state index in [9.17, 15) is 17.3 Å². The number of hydrogen-bond acceptors (Lipinski definition) is 1. The SMILES string of the molecule is COc1ccccc1[PH+](C1CCCCC1)C1CCCCC1.F[B-](F)(F)F. The van der Waals surface area contributed by atoms with Crippen LogP contribution in [0, 0.1) is 0 Å². The lowest BCUT2D eigenvalue weighted by Crippen LogP contribution is -2.26. The first-order chi connectivity index (χ1) is 12.4. The molecule has 1 aromatic rings. The Bertz CT molecular complexity index is 505. The van der Waals surface area contributed by atoms with Gasteiger partial charge in [0.25, 0.3) is 0 Å².